The quantitative estimate of drug-likeness (QED) is 0.234. The van der Waals surface area contributed by atoms with Crippen LogP contribution in [0.15, 0.2) is 54.6 Å². The van der Waals surface area contributed by atoms with E-state index in [2.05, 4.69) is 31.4 Å². The monoisotopic (exact) mass is 516 g/mol. The highest BCUT2D eigenvalue weighted by molar-refractivity contribution is 7.16. The van der Waals surface area contributed by atoms with E-state index in [9.17, 15) is 9.59 Å². The Kier molecular flexibility index (Phi) is 6.82. The number of nitrogens with one attached hydrogen (secondary N) is 2. The van der Waals surface area contributed by atoms with Gasteiger partial charge in [0.1, 0.15) is 22.7 Å². The van der Waals surface area contributed by atoms with Crippen molar-refractivity contribution in [2.24, 2.45) is 11.3 Å². The number of hydrogen-bond acceptors (Lipinski definition) is 6. The number of methoxy groups -OCH3 is 1. The second-order valence-corrected chi connectivity index (χ2v) is 11.8. The zero-order chi connectivity index (χ0) is 26.2. The van der Waals surface area contributed by atoms with Gasteiger partial charge in [-0.25, -0.2) is 4.79 Å². The second-order valence-electron chi connectivity index (χ2n) is 10.7. The first-order chi connectivity index (χ1) is 17.7. The van der Waals surface area contributed by atoms with Crippen LogP contribution < -0.4 is 20.1 Å². The number of esters is 1. The highest BCUT2D eigenvalue weighted by atomic mass is 32.1. The van der Waals surface area contributed by atoms with Gasteiger partial charge in [0.05, 0.1) is 12.7 Å². The van der Waals surface area contributed by atoms with Crippen LogP contribution in [0.2, 0.25) is 0 Å². The van der Waals surface area contributed by atoms with Gasteiger partial charge in [-0.05, 0) is 77.6 Å². The van der Waals surface area contributed by atoms with Crippen LogP contribution in [-0.4, -0.2) is 19.0 Å². The molecule has 1 amide bonds. The van der Waals surface area contributed by atoms with Gasteiger partial charge in [-0.1, -0.05) is 45.0 Å². The third kappa shape index (κ3) is 5.42. The lowest BCUT2D eigenvalue weighted by atomic mass is 9.72. The van der Waals surface area contributed by atoms with Gasteiger partial charge in [-0.15, -0.1) is 11.3 Å². The van der Waals surface area contributed by atoms with E-state index in [0.717, 1.165) is 46.7 Å². The minimum Gasteiger partial charge on any atom is -0.497 e. The molecule has 0 fully saturated rings. The smallest absolute Gasteiger partial charge is 0.336 e. The van der Waals surface area contributed by atoms with Crippen LogP contribution in [0, 0.1) is 11.3 Å². The molecule has 0 unspecified atom stereocenters. The van der Waals surface area contributed by atoms with Crippen LogP contribution in [-0.2, 0) is 17.6 Å². The largest absolute Gasteiger partial charge is 0.497 e. The Labute approximate surface area is 221 Å². The van der Waals surface area contributed by atoms with E-state index in [4.69, 9.17) is 9.47 Å². The van der Waals surface area contributed by atoms with Crippen molar-refractivity contribution in [1.82, 2.24) is 5.32 Å². The molecular weight excluding hydrogens is 484 g/mol. The van der Waals surface area contributed by atoms with Gasteiger partial charge in [-0.2, -0.15) is 0 Å². The van der Waals surface area contributed by atoms with Crippen molar-refractivity contribution in [2.75, 3.05) is 12.4 Å². The summed E-state index contributed by atoms with van der Waals surface area (Å²) in [5.41, 5.74) is 4.06. The fourth-order valence-corrected chi connectivity index (χ4v) is 6.31. The fourth-order valence-electron chi connectivity index (χ4n) is 4.96. The van der Waals surface area contributed by atoms with Crippen LogP contribution in [0.3, 0.4) is 0 Å². The highest BCUT2D eigenvalue weighted by Gasteiger charge is 2.36. The van der Waals surface area contributed by atoms with E-state index in [1.165, 1.54) is 16.5 Å². The van der Waals surface area contributed by atoms with Crippen LogP contribution in [0.25, 0.3) is 6.08 Å². The third-order valence-electron chi connectivity index (χ3n) is 7.23. The maximum atomic E-state index is 13.1. The summed E-state index contributed by atoms with van der Waals surface area (Å²) in [6.07, 6.45) is 5.85. The van der Waals surface area contributed by atoms with Crippen molar-refractivity contribution in [2.45, 2.75) is 46.2 Å². The van der Waals surface area contributed by atoms with Crippen molar-refractivity contribution in [3.8, 4) is 11.5 Å². The molecule has 0 saturated heterocycles. The zero-order valence-electron chi connectivity index (χ0n) is 21.6. The number of thiophene rings is 1. The predicted molar refractivity (Wildman–Crippen MR) is 147 cm³/mol. The van der Waals surface area contributed by atoms with Gasteiger partial charge >= 0.3 is 5.97 Å². The van der Waals surface area contributed by atoms with E-state index < -0.39 is 5.97 Å². The molecule has 192 valence electrons. The Bertz CT molecular complexity index is 1330. The minimum atomic E-state index is -0.463. The van der Waals surface area contributed by atoms with Gasteiger partial charge in [0.15, 0.2) is 0 Å². The van der Waals surface area contributed by atoms with Crippen molar-refractivity contribution in [3.63, 3.8) is 0 Å². The van der Waals surface area contributed by atoms with Crippen LogP contribution in [0.5, 0.6) is 11.5 Å². The number of hydrogen-bond donors (Lipinski definition) is 2. The molecule has 2 atom stereocenters. The van der Waals surface area contributed by atoms with Crippen LogP contribution in [0.1, 0.15) is 65.3 Å². The Hall–Kier alpha value is -3.58. The summed E-state index contributed by atoms with van der Waals surface area (Å²) >= 11 is 1.72. The lowest BCUT2D eigenvalue weighted by Crippen LogP contribution is -2.38. The van der Waals surface area contributed by atoms with Gasteiger partial charge < -0.3 is 20.1 Å². The molecule has 5 rings (SSSR count). The summed E-state index contributed by atoms with van der Waals surface area (Å²) in [7, 11) is 1.61. The summed E-state index contributed by atoms with van der Waals surface area (Å²) in [6.45, 7) is 6.90. The Morgan fingerprint density at radius 3 is 2.41 bits per heavy atom. The van der Waals surface area contributed by atoms with Crippen molar-refractivity contribution >= 4 is 34.3 Å². The number of carbonyl (C=O) groups is 2. The average Bonchev–Trinajstić information content (AvgIpc) is 3.26. The molecule has 2 N–H and O–H groups in total. The summed E-state index contributed by atoms with van der Waals surface area (Å²) in [5, 5.41) is 7.57. The number of anilines is 1. The first-order valence-electron chi connectivity index (χ1n) is 12.6. The molecule has 2 aliphatic rings. The number of fused-ring (bicyclic) bond motifs is 3. The molecule has 3 aromatic rings. The molecule has 2 heterocycles. The van der Waals surface area contributed by atoms with Crippen molar-refractivity contribution < 1.29 is 19.1 Å². The average molecular weight is 517 g/mol. The Morgan fingerprint density at radius 2 is 1.73 bits per heavy atom. The SMILES string of the molecule is COc1ccc(/C=C/C(=O)Oc2ccc([C@H]3NC(=O)c4c(sc5c4CC[C@H](C(C)(C)C)C5)N3)cc2)cc1. The van der Waals surface area contributed by atoms with Gasteiger partial charge in [0.2, 0.25) is 0 Å². The Balaban J connectivity index is 1.23. The summed E-state index contributed by atoms with van der Waals surface area (Å²) in [4.78, 5) is 26.7. The standard InChI is InChI=1S/C30H32N2O4S/c1-30(2,3)20-10-15-23-24(17-20)37-29-26(23)28(34)31-27(32-29)19-8-13-22(14-9-19)36-25(33)16-7-18-5-11-21(35-4)12-6-18/h5-9,11-14,16,20,27,32H,10,15,17H2,1-4H3,(H,31,34)/b16-7+/t20-,27-/m0/s1. The molecule has 0 spiro atoms. The van der Waals surface area contributed by atoms with Gasteiger partial charge in [-0.3, -0.25) is 4.79 Å². The summed E-state index contributed by atoms with van der Waals surface area (Å²) in [6, 6.07) is 14.6. The first kappa shape index (κ1) is 25.1. The summed E-state index contributed by atoms with van der Waals surface area (Å²) in [5.74, 6) is 1.34. The first-order valence-corrected chi connectivity index (χ1v) is 13.4. The maximum Gasteiger partial charge on any atom is 0.336 e. The molecule has 37 heavy (non-hydrogen) atoms. The molecule has 2 aromatic carbocycles. The minimum absolute atomic E-state index is 0.0235. The molecule has 6 nitrogen and oxygen atoms in total. The molecular formula is C30H32N2O4S. The number of carbonyl (C=O) groups excluding carboxylic acids is 2. The molecule has 7 heteroatoms. The van der Waals surface area contributed by atoms with Crippen LogP contribution >= 0.6 is 11.3 Å². The van der Waals surface area contributed by atoms with Crippen LogP contribution in [0.4, 0.5) is 5.00 Å². The number of benzene rings is 2. The normalized spacial score (nSPS) is 19.0. The lowest BCUT2D eigenvalue weighted by Gasteiger charge is -2.34. The van der Waals surface area contributed by atoms with E-state index in [-0.39, 0.29) is 17.5 Å². The van der Waals surface area contributed by atoms with Gasteiger partial charge in [0, 0.05) is 11.0 Å². The van der Waals surface area contributed by atoms with Gasteiger partial charge in [0.25, 0.3) is 5.91 Å². The molecule has 0 saturated carbocycles. The van der Waals surface area contributed by atoms with E-state index >= 15 is 0 Å². The number of amides is 1. The van der Waals surface area contributed by atoms with E-state index in [1.54, 1.807) is 36.7 Å². The molecule has 0 bridgehead atoms. The molecule has 1 aliphatic carbocycles. The predicted octanol–water partition coefficient (Wildman–Crippen LogP) is 6.38. The topological polar surface area (TPSA) is 76.7 Å². The molecule has 1 aliphatic heterocycles. The lowest BCUT2D eigenvalue weighted by molar-refractivity contribution is -0.128. The zero-order valence-corrected chi connectivity index (χ0v) is 22.4. The maximum absolute atomic E-state index is 13.1. The van der Waals surface area contributed by atoms with Crippen molar-refractivity contribution in [1.29, 1.82) is 0 Å². The van der Waals surface area contributed by atoms with E-state index in [0.29, 0.717) is 11.7 Å². The highest BCUT2D eigenvalue weighted by Crippen LogP contribution is 2.46. The fraction of sp³-hybridized carbons (Fsp3) is 0.333. The molecule has 1 aromatic heterocycles. The Morgan fingerprint density at radius 1 is 1.03 bits per heavy atom. The third-order valence-corrected chi connectivity index (χ3v) is 8.41. The number of rotatable bonds is 5. The van der Waals surface area contributed by atoms with Crippen molar-refractivity contribution in [3.05, 3.63) is 81.7 Å². The number of ether oxygens (including phenoxy) is 2. The van der Waals surface area contributed by atoms with E-state index in [1.807, 2.05) is 36.4 Å². The summed E-state index contributed by atoms with van der Waals surface area (Å²) < 4.78 is 10.6. The molecule has 0 radical (unpaired) electrons. The second kappa shape index (κ2) is 10.1.